The number of carbonyl (C=O) groups is 1. The molecule has 0 bridgehead atoms. The van der Waals surface area contributed by atoms with Crippen molar-refractivity contribution in [1.82, 2.24) is 14.9 Å². The van der Waals surface area contributed by atoms with E-state index >= 15 is 4.39 Å². The van der Waals surface area contributed by atoms with E-state index in [4.69, 9.17) is 19.8 Å². The maximum Gasteiger partial charge on any atom is 0.506 e. The highest BCUT2D eigenvalue weighted by atomic mass is 32.1. The van der Waals surface area contributed by atoms with Crippen LogP contribution in [0.3, 0.4) is 0 Å². The summed E-state index contributed by atoms with van der Waals surface area (Å²) >= 11 is 1.43. The summed E-state index contributed by atoms with van der Waals surface area (Å²) in [5.74, 6) is -0.317. The molecule has 2 aromatic carbocycles. The molecule has 4 aromatic rings. The summed E-state index contributed by atoms with van der Waals surface area (Å²) in [6.45, 7) is 1.58. The minimum atomic E-state index is -1.26. The number of nitrogens with zero attached hydrogens (tertiary/aromatic N) is 3. The van der Waals surface area contributed by atoms with E-state index in [1.54, 1.807) is 6.07 Å². The van der Waals surface area contributed by atoms with Gasteiger partial charge in [-0.3, -0.25) is 4.90 Å². The molecule has 6 rings (SSSR count). The highest BCUT2D eigenvalue weighted by Gasteiger charge is 2.38. The first-order valence-corrected chi connectivity index (χ1v) is 13.1. The molecule has 36 heavy (non-hydrogen) atoms. The number of halogens is 1. The maximum absolute atomic E-state index is 15.1. The first-order valence-electron chi connectivity index (χ1n) is 12.2. The van der Waals surface area contributed by atoms with Crippen molar-refractivity contribution in [1.29, 1.82) is 0 Å². The van der Waals surface area contributed by atoms with E-state index in [-0.39, 0.29) is 17.3 Å². The van der Waals surface area contributed by atoms with Gasteiger partial charge in [-0.25, -0.2) is 19.2 Å². The summed E-state index contributed by atoms with van der Waals surface area (Å²) in [5.41, 5.74) is 4.40. The fourth-order valence-electron chi connectivity index (χ4n) is 5.58. The normalized spacial score (nSPS) is 17.8. The van der Waals surface area contributed by atoms with E-state index in [0.29, 0.717) is 30.2 Å². The molecular formula is C28H26FN3O3S. The van der Waals surface area contributed by atoms with E-state index in [0.717, 1.165) is 34.4 Å². The lowest BCUT2D eigenvalue weighted by atomic mass is 9.76. The van der Waals surface area contributed by atoms with Gasteiger partial charge in [0.25, 0.3) is 0 Å². The van der Waals surface area contributed by atoms with E-state index in [9.17, 15) is 4.79 Å². The smallest absolute Gasteiger partial charge is 0.450 e. The number of carboxylic acid groups (broad SMARTS) is 1. The van der Waals surface area contributed by atoms with Crippen LogP contribution in [0.15, 0.2) is 60.7 Å². The van der Waals surface area contributed by atoms with Crippen molar-refractivity contribution in [3.05, 3.63) is 83.3 Å². The molecular weight excluding hydrogens is 477 g/mol. The molecule has 0 atom stereocenters. The van der Waals surface area contributed by atoms with Gasteiger partial charge in [0.1, 0.15) is 27.3 Å². The molecule has 2 aliphatic rings. The number of thiazole rings is 1. The van der Waals surface area contributed by atoms with Crippen LogP contribution in [-0.2, 0) is 16.7 Å². The second kappa shape index (κ2) is 9.26. The van der Waals surface area contributed by atoms with E-state index < -0.39 is 6.16 Å². The lowest BCUT2D eigenvalue weighted by Gasteiger charge is -2.37. The fraction of sp³-hybridized carbons (Fsp3) is 0.321. The van der Waals surface area contributed by atoms with Crippen LogP contribution in [0.25, 0.3) is 20.9 Å². The second-order valence-electron chi connectivity index (χ2n) is 9.71. The molecule has 1 saturated carbocycles. The van der Waals surface area contributed by atoms with E-state index in [1.165, 1.54) is 35.8 Å². The summed E-state index contributed by atoms with van der Waals surface area (Å²) in [7, 11) is 0. The summed E-state index contributed by atoms with van der Waals surface area (Å²) in [6, 6.07) is 20.0. The Labute approximate surface area is 212 Å². The molecule has 1 aliphatic carbocycles. The molecule has 2 aromatic heterocycles. The van der Waals surface area contributed by atoms with Crippen LogP contribution in [0.2, 0.25) is 0 Å². The molecule has 0 amide bonds. The Kier molecular flexibility index (Phi) is 5.93. The highest BCUT2D eigenvalue weighted by molar-refractivity contribution is 7.21. The van der Waals surface area contributed by atoms with Gasteiger partial charge in [0.2, 0.25) is 0 Å². The van der Waals surface area contributed by atoms with Crippen molar-refractivity contribution in [2.45, 2.75) is 43.7 Å². The third-order valence-electron chi connectivity index (χ3n) is 7.39. The van der Waals surface area contributed by atoms with Gasteiger partial charge in [-0.2, -0.15) is 0 Å². The van der Waals surface area contributed by atoms with Crippen LogP contribution in [-0.4, -0.2) is 45.3 Å². The van der Waals surface area contributed by atoms with Gasteiger partial charge < -0.3 is 9.84 Å². The van der Waals surface area contributed by atoms with Gasteiger partial charge in [-0.1, -0.05) is 60.6 Å². The number of ether oxygens (including phenoxy) is 1. The van der Waals surface area contributed by atoms with Gasteiger partial charge in [0.05, 0.1) is 5.69 Å². The Morgan fingerprint density at radius 3 is 2.58 bits per heavy atom. The number of hydrogen-bond acceptors (Lipinski definition) is 6. The van der Waals surface area contributed by atoms with Crippen LogP contribution in [0, 0.1) is 5.82 Å². The number of hydrogen-bond donors (Lipinski definition) is 1. The lowest BCUT2D eigenvalue weighted by molar-refractivity contribution is -0.0363. The molecule has 0 unspecified atom stereocenters. The SMILES string of the molecule is O=C(O)OC1CN(Cc2ccc(-c3nc4ccc(C5(c6ccccc6)CCCC5)nc4s3)c(F)c2)C1. The molecule has 1 N–H and O–H groups in total. The molecule has 1 aliphatic heterocycles. The molecule has 6 nitrogen and oxygen atoms in total. The summed E-state index contributed by atoms with van der Waals surface area (Å²) in [4.78, 5) is 23.2. The molecule has 1 saturated heterocycles. The third kappa shape index (κ3) is 4.24. The Balaban J connectivity index is 1.24. The number of fused-ring (bicyclic) bond motifs is 1. The Morgan fingerprint density at radius 1 is 1.08 bits per heavy atom. The van der Waals surface area contributed by atoms with Crippen molar-refractivity contribution < 1.29 is 19.0 Å². The minimum Gasteiger partial charge on any atom is -0.450 e. The third-order valence-corrected chi connectivity index (χ3v) is 8.39. The number of aromatic nitrogens is 2. The average molecular weight is 504 g/mol. The zero-order valence-corrected chi connectivity index (χ0v) is 20.5. The monoisotopic (exact) mass is 503 g/mol. The first-order chi connectivity index (χ1) is 17.5. The Morgan fingerprint density at radius 2 is 1.86 bits per heavy atom. The molecule has 3 heterocycles. The van der Waals surface area contributed by atoms with Gasteiger partial charge in [0, 0.05) is 30.6 Å². The van der Waals surface area contributed by atoms with Crippen LogP contribution < -0.4 is 0 Å². The number of pyridine rings is 1. The Bertz CT molecular complexity index is 1410. The largest absolute Gasteiger partial charge is 0.506 e. The standard InChI is InChI=1S/C28H26FN3O3S/c29-22-14-18(15-32-16-20(17-32)35-27(33)34)8-9-21(22)25-30-23-10-11-24(31-26(23)36-25)28(12-4-5-13-28)19-6-2-1-3-7-19/h1-3,6-11,14,20H,4-5,12-13,15-17H2,(H,33,34). The summed E-state index contributed by atoms with van der Waals surface area (Å²) in [5, 5.41) is 9.31. The zero-order chi connectivity index (χ0) is 24.7. The van der Waals surface area contributed by atoms with Crippen LogP contribution in [0.4, 0.5) is 9.18 Å². The second-order valence-corrected chi connectivity index (χ2v) is 10.7. The van der Waals surface area contributed by atoms with Gasteiger partial charge in [0.15, 0.2) is 0 Å². The molecule has 2 fully saturated rings. The highest BCUT2D eigenvalue weighted by Crippen LogP contribution is 2.46. The molecule has 0 spiro atoms. The van der Waals surface area contributed by atoms with Crippen molar-refractivity contribution in [2.75, 3.05) is 13.1 Å². The average Bonchev–Trinajstić information content (AvgIpc) is 3.51. The quantitative estimate of drug-likeness (QED) is 0.314. The van der Waals surface area contributed by atoms with Gasteiger partial charge >= 0.3 is 6.16 Å². The van der Waals surface area contributed by atoms with Crippen molar-refractivity contribution in [2.24, 2.45) is 0 Å². The summed E-state index contributed by atoms with van der Waals surface area (Å²) in [6.07, 6.45) is 2.97. The zero-order valence-electron chi connectivity index (χ0n) is 19.7. The van der Waals surface area contributed by atoms with Crippen molar-refractivity contribution in [3.8, 4) is 10.6 Å². The topological polar surface area (TPSA) is 75.6 Å². The van der Waals surface area contributed by atoms with Crippen molar-refractivity contribution in [3.63, 3.8) is 0 Å². The minimum absolute atomic E-state index is 0.0716. The van der Waals surface area contributed by atoms with Crippen LogP contribution in [0.5, 0.6) is 0 Å². The maximum atomic E-state index is 15.1. The number of benzene rings is 2. The molecule has 8 heteroatoms. The predicted molar refractivity (Wildman–Crippen MR) is 137 cm³/mol. The van der Waals surface area contributed by atoms with Crippen molar-refractivity contribution >= 4 is 27.8 Å². The van der Waals surface area contributed by atoms with Crippen LogP contribution in [0.1, 0.15) is 42.5 Å². The van der Waals surface area contributed by atoms with Gasteiger partial charge in [-0.05, 0) is 48.2 Å². The molecule has 0 radical (unpaired) electrons. The number of rotatable bonds is 6. The van der Waals surface area contributed by atoms with E-state index in [1.807, 2.05) is 23.1 Å². The Hall–Kier alpha value is -3.36. The number of likely N-dealkylation sites (tertiary alicyclic amines) is 1. The predicted octanol–water partition coefficient (Wildman–Crippen LogP) is 6.24. The summed E-state index contributed by atoms with van der Waals surface area (Å²) < 4.78 is 19.9. The van der Waals surface area contributed by atoms with Crippen LogP contribution >= 0.6 is 11.3 Å². The first kappa shape index (κ1) is 23.1. The van der Waals surface area contributed by atoms with E-state index in [2.05, 4.69) is 30.3 Å². The lowest BCUT2D eigenvalue weighted by Crippen LogP contribution is -2.52. The van der Waals surface area contributed by atoms with Gasteiger partial charge in [-0.15, -0.1) is 0 Å². The molecule has 184 valence electrons. The fourth-order valence-corrected chi connectivity index (χ4v) is 6.55.